The van der Waals surface area contributed by atoms with Crippen LogP contribution in [0, 0.1) is 0 Å². The lowest BCUT2D eigenvalue weighted by Gasteiger charge is -2.20. The van der Waals surface area contributed by atoms with E-state index in [-0.39, 0.29) is 5.97 Å². The Kier molecular flexibility index (Phi) is 6.85. The highest BCUT2D eigenvalue weighted by atomic mass is 16.6. The van der Waals surface area contributed by atoms with Crippen LogP contribution < -0.4 is 10.6 Å². The van der Waals surface area contributed by atoms with E-state index in [9.17, 15) is 9.59 Å². The molecule has 1 atom stereocenters. The SMILES string of the molecule is COC(=O)C(NCCNC(=O)OC(C)(C)C)c1ccccc1. The van der Waals surface area contributed by atoms with Gasteiger partial charge in [-0.2, -0.15) is 0 Å². The summed E-state index contributed by atoms with van der Waals surface area (Å²) in [7, 11) is 1.35. The molecule has 1 aromatic rings. The van der Waals surface area contributed by atoms with Crippen molar-refractivity contribution in [3.63, 3.8) is 0 Å². The van der Waals surface area contributed by atoms with Crippen LogP contribution in [0.5, 0.6) is 0 Å². The van der Waals surface area contributed by atoms with Crippen molar-refractivity contribution in [2.24, 2.45) is 0 Å². The van der Waals surface area contributed by atoms with Crippen LogP contribution in [0.4, 0.5) is 4.79 Å². The fourth-order valence-electron chi connectivity index (χ4n) is 1.80. The van der Waals surface area contributed by atoms with Gasteiger partial charge in [0, 0.05) is 13.1 Å². The summed E-state index contributed by atoms with van der Waals surface area (Å²) in [6.45, 7) is 6.15. The summed E-state index contributed by atoms with van der Waals surface area (Å²) in [5.41, 5.74) is 0.280. The van der Waals surface area contributed by atoms with Crippen LogP contribution in [0.1, 0.15) is 32.4 Å². The Bertz CT molecular complexity index is 483. The molecule has 0 bridgehead atoms. The number of nitrogens with one attached hydrogen (secondary N) is 2. The number of hydrogen-bond donors (Lipinski definition) is 2. The molecule has 1 amide bonds. The molecule has 0 fully saturated rings. The number of hydrogen-bond acceptors (Lipinski definition) is 5. The van der Waals surface area contributed by atoms with Gasteiger partial charge in [0.15, 0.2) is 0 Å². The Balaban J connectivity index is 2.45. The molecule has 0 aliphatic carbocycles. The summed E-state index contributed by atoms with van der Waals surface area (Å²) >= 11 is 0. The molecule has 0 radical (unpaired) electrons. The van der Waals surface area contributed by atoms with E-state index in [0.717, 1.165) is 5.56 Å². The third kappa shape index (κ3) is 6.58. The molecule has 0 aromatic heterocycles. The Labute approximate surface area is 131 Å². The van der Waals surface area contributed by atoms with E-state index in [1.54, 1.807) is 20.8 Å². The highest BCUT2D eigenvalue weighted by Gasteiger charge is 2.20. The maximum Gasteiger partial charge on any atom is 0.407 e. The molecule has 6 heteroatoms. The number of alkyl carbamates (subject to hydrolysis) is 1. The number of esters is 1. The number of carbonyl (C=O) groups is 2. The second-order valence-electron chi connectivity index (χ2n) is 5.75. The molecule has 6 nitrogen and oxygen atoms in total. The van der Waals surface area contributed by atoms with E-state index in [0.29, 0.717) is 13.1 Å². The first-order valence-electron chi connectivity index (χ1n) is 7.16. The van der Waals surface area contributed by atoms with Crippen molar-refractivity contribution >= 4 is 12.1 Å². The normalized spacial score (nSPS) is 12.4. The predicted molar refractivity (Wildman–Crippen MR) is 83.4 cm³/mol. The van der Waals surface area contributed by atoms with E-state index in [1.807, 2.05) is 30.3 Å². The Morgan fingerprint density at radius 3 is 2.32 bits per heavy atom. The van der Waals surface area contributed by atoms with Gasteiger partial charge in [-0.05, 0) is 26.3 Å². The lowest BCUT2D eigenvalue weighted by atomic mass is 10.1. The van der Waals surface area contributed by atoms with Gasteiger partial charge in [-0.1, -0.05) is 30.3 Å². The second-order valence-corrected chi connectivity index (χ2v) is 5.75. The quantitative estimate of drug-likeness (QED) is 0.621. The largest absolute Gasteiger partial charge is 0.468 e. The van der Waals surface area contributed by atoms with Gasteiger partial charge in [0.1, 0.15) is 11.6 Å². The predicted octanol–water partition coefficient (Wildman–Crippen LogP) is 2.01. The molecule has 0 spiro atoms. The lowest BCUT2D eigenvalue weighted by Crippen LogP contribution is -2.38. The maximum atomic E-state index is 11.8. The smallest absolute Gasteiger partial charge is 0.407 e. The Hall–Kier alpha value is -2.08. The van der Waals surface area contributed by atoms with E-state index < -0.39 is 17.7 Å². The zero-order chi connectivity index (χ0) is 16.6. The van der Waals surface area contributed by atoms with Gasteiger partial charge in [-0.3, -0.25) is 5.32 Å². The molecule has 1 rings (SSSR count). The highest BCUT2D eigenvalue weighted by Crippen LogP contribution is 2.13. The van der Waals surface area contributed by atoms with Crippen LogP contribution in [0.25, 0.3) is 0 Å². The number of carbonyl (C=O) groups excluding carboxylic acids is 2. The van der Waals surface area contributed by atoms with Crippen LogP contribution in [0.2, 0.25) is 0 Å². The molecular formula is C16H24N2O4. The standard InChI is InChI=1S/C16H24N2O4/c1-16(2,3)22-15(20)18-11-10-17-13(14(19)21-4)12-8-6-5-7-9-12/h5-9,13,17H,10-11H2,1-4H3,(H,18,20). The zero-order valence-corrected chi connectivity index (χ0v) is 13.5. The average Bonchev–Trinajstić information content (AvgIpc) is 2.45. The van der Waals surface area contributed by atoms with Crippen LogP contribution in [0.3, 0.4) is 0 Å². The maximum absolute atomic E-state index is 11.8. The summed E-state index contributed by atoms with van der Waals surface area (Å²) in [4.78, 5) is 23.3. The summed E-state index contributed by atoms with van der Waals surface area (Å²) in [5, 5.41) is 5.69. The van der Waals surface area contributed by atoms with Crippen molar-refractivity contribution in [2.45, 2.75) is 32.4 Å². The van der Waals surface area contributed by atoms with E-state index in [2.05, 4.69) is 10.6 Å². The van der Waals surface area contributed by atoms with Gasteiger partial charge in [-0.15, -0.1) is 0 Å². The summed E-state index contributed by atoms with van der Waals surface area (Å²) in [6, 6.07) is 8.71. The topological polar surface area (TPSA) is 76.7 Å². The number of rotatable bonds is 6. The molecule has 0 heterocycles. The van der Waals surface area contributed by atoms with Crippen LogP contribution >= 0.6 is 0 Å². The minimum Gasteiger partial charge on any atom is -0.468 e. The van der Waals surface area contributed by atoms with Gasteiger partial charge in [0.25, 0.3) is 0 Å². The number of benzene rings is 1. The molecule has 2 N–H and O–H groups in total. The summed E-state index contributed by atoms with van der Waals surface area (Å²) in [5.74, 6) is -0.372. The fraction of sp³-hybridized carbons (Fsp3) is 0.500. The minimum absolute atomic E-state index is 0.343. The molecule has 22 heavy (non-hydrogen) atoms. The first kappa shape index (κ1) is 18.0. The lowest BCUT2D eigenvalue weighted by molar-refractivity contribution is -0.143. The van der Waals surface area contributed by atoms with Crippen molar-refractivity contribution in [2.75, 3.05) is 20.2 Å². The van der Waals surface area contributed by atoms with Crippen LogP contribution in [-0.2, 0) is 14.3 Å². The minimum atomic E-state index is -0.563. The highest BCUT2D eigenvalue weighted by molar-refractivity contribution is 5.77. The Morgan fingerprint density at radius 1 is 1.14 bits per heavy atom. The second kappa shape index (κ2) is 8.38. The van der Waals surface area contributed by atoms with Crippen molar-refractivity contribution in [3.05, 3.63) is 35.9 Å². The monoisotopic (exact) mass is 308 g/mol. The third-order valence-corrected chi connectivity index (χ3v) is 2.71. The van der Waals surface area contributed by atoms with Crippen LogP contribution in [0.15, 0.2) is 30.3 Å². The summed E-state index contributed by atoms with van der Waals surface area (Å²) in [6.07, 6.45) is -0.483. The Morgan fingerprint density at radius 2 is 1.77 bits per heavy atom. The number of amides is 1. The van der Waals surface area contributed by atoms with Gasteiger partial charge < -0.3 is 14.8 Å². The van der Waals surface area contributed by atoms with E-state index in [4.69, 9.17) is 9.47 Å². The zero-order valence-electron chi connectivity index (χ0n) is 13.5. The van der Waals surface area contributed by atoms with E-state index >= 15 is 0 Å². The van der Waals surface area contributed by atoms with Crippen molar-refractivity contribution in [3.8, 4) is 0 Å². The van der Waals surface area contributed by atoms with Gasteiger partial charge >= 0.3 is 12.1 Å². The third-order valence-electron chi connectivity index (χ3n) is 2.71. The summed E-state index contributed by atoms with van der Waals surface area (Å²) < 4.78 is 9.93. The molecule has 1 aromatic carbocycles. The first-order chi connectivity index (χ1) is 10.3. The molecule has 1 unspecified atom stereocenters. The van der Waals surface area contributed by atoms with Crippen molar-refractivity contribution in [1.29, 1.82) is 0 Å². The molecule has 0 saturated carbocycles. The van der Waals surface area contributed by atoms with Crippen molar-refractivity contribution < 1.29 is 19.1 Å². The number of ether oxygens (including phenoxy) is 2. The molecule has 0 aliphatic heterocycles. The molecule has 0 aliphatic rings. The molecule has 122 valence electrons. The van der Waals surface area contributed by atoms with Crippen LogP contribution in [-0.4, -0.2) is 37.9 Å². The van der Waals surface area contributed by atoms with Crippen molar-refractivity contribution in [1.82, 2.24) is 10.6 Å². The van der Waals surface area contributed by atoms with Gasteiger partial charge in [0.2, 0.25) is 0 Å². The van der Waals surface area contributed by atoms with E-state index in [1.165, 1.54) is 7.11 Å². The first-order valence-corrected chi connectivity index (χ1v) is 7.16. The van der Waals surface area contributed by atoms with Gasteiger partial charge in [-0.25, -0.2) is 9.59 Å². The number of methoxy groups -OCH3 is 1. The average molecular weight is 308 g/mol. The molecular weight excluding hydrogens is 284 g/mol. The fourth-order valence-corrected chi connectivity index (χ4v) is 1.80. The molecule has 0 saturated heterocycles. The van der Waals surface area contributed by atoms with Gasteiger partial charge in [0.05, 0.1) is 7.11 Å².